The first-order valence-electron chi connectivity index (χ1n) is 6.29. The summed E-state index contributed by atoms with van der Waals surface area (Å²) in [6, 6.07) is 10.2. The van der Waals surface area contributed by atoms with Crippen molar-refractivity contribution >= 4 is 5.97 Å². The molecule has 19 heavy (non-hydrogen) atoms. The van der Waals surface area contributed by atoms with Crippen LogP contribution in [0.2, 0.25) is 0 Å². The van der Waals surface area contributed by atoms with Crippen molar-refractivity contribution < 1.29 is 9.90 Å². The lowest BCUT2D eigenvalue weighted by Gasteiger charge is -2.00. The molecule has 5 heteroatoms. The van der Waals surface area contributed by atoms with Gasteiger partial charge in [-0.05, 0) is 12.0 Å². The third kappa shape index (κ3) is 3.91. The highest BCUT2D eigenvalue weighted by Crippen LogP contribution is 2.06. The van der Waals surface area contributed by atoms with Crippen molar-refractivity contribution in [1.29, 1.82) is 0 Å². The summed E-state index contributed by atoms with van der Waals surface area (Å²) in [6.07, 6.45) is 2.17. The summed E-state index contributed by atoms with van der Waals surface area (Å²) in [5, 5.41) is 12.9. The molecule has 0 aliphatic rings. The number of rotatable bonds is 6. The first-order valence-corrected chi connectivity index (χ1v) is 6.29. The first kappa shape index (κ1) is 13.3. The van der Waals surface area contributed by atoms with Gasteiger partial charge in [-0.1, -0.05) is 30.3 Å². The second kappa shape index (κ2) is 6.13. The zero-order valence-corrected chi connectivity index (χ0v) is 10.9. The Kier molecular flexibility index (Phi) is 4.28. The lowest BCUT2D eigenvalue weighted by atomic mass is 10.1. The van der Waals surface area contributed by atoms with Crippen LogP contribution in [0.3, 0.4) is 0 Å². The van der Waals surface area contributed by atoms with Crippen LogP contribution in [-0.4, -0.2) is 25.8 Å². The number of carboxylic acids is 1. The van der Waals surface area contributed by atoms with Crippen LogP contribution in [0, 0.1) is 0 Å². The van der Waals surface area contributed by atoms with E-state index in [1.54, 1.807) is 4.68 Å². The minimum atomic E-state index is -0.821. The molecule has 0 radical (unpaired) electrons. The van der Waals surface area contributed by atoms with Gasteiger partial charge in [-0.2, -0.15) is 5.10 Å². The Morgan fingerprint density at radius 1 is 1.21 bits per heavy atom. The van der Waals surface area contributed by atoms with Crippen LogP contribution < -0.4 is 0 Å². The molecule has 0 saturated carbocycles. The second-order valence-corrected chi connectivity index (χ2v) is 4.45. The molecule has 5 nitrogen and oxygen atoms in total. The predicted octanol–water partition coefficient (Wildman–Crippen LogP) is 1.62. The molecule has 0 bridgehead atoms. The van der Waals surface area contributed by atoms with Crippen molar-refractivity contribution in [1.82, 2.24) is 14.8 Å². The van der Waals surface area contributed by atoms with Gasteiger partial charge < -0.3 is 5.11 Å². The van der Waals surface area contributed by atoms with Crippen LogP contribution in [0.5, 0.6) is 0 Å². The molecule has 1 aromatic heterocycles. The Morgan fingerprint density at radius 2 is 1.95 bits per heavy atom. The van der Waals surface area contributed by atoms with Crippen molar-refractivity contribution in [3.8, 4) is 0 Å². The Morgan fingerprint density at radius 3 is 2.63 bits per heavy atom. The number of aliphatic carboxylic acids is 1. The molecule has 2 aromatic rings. The SMILES string of the molecule is Cn1nc(CCC(=O)O)nc1CCc1ccccc1. The van der Waals surface area contributed by atoms with E-state index in [9.17, 15) is 4.79 Å². The fourth-order valence-electron chi connectivity index (χ4n) is 1.92. The Labute approximate surface area is 111 Å². The van der Waals surface area contributed by atoms with Crippen molar-refractivity contribution in [2.45, 2.75) is 25.7 Å². The highest BCUT2D eigenvalue weighted by molar-refractivity contribution is 5.66. The molecule has 0 amide bonds. The summed E-state index contributed by atoms with van der Waals surface area (Å²) in [6.45, 7) is 0. The Balaban J connectivity index is 1.95. The number of benzene rings is 1. The van der Waals surface area contributed by atoms with Crippen LogP contribution in [0.4, 0.5) is 0 Å². The van der Waals surface area contributed by atoms with E-state index in [1.807, 2.05) is 25.2 Å². The molecule has 0 spiro atoms. The fraction of sp³-hybridized carbons (Fsp3) is 0.357. The third-order valence-corrected chi connectivity index (χ3v) is 2.94. The molecule has 1 N–H and O–H groups in total. The van der Waals surface area contributed by atoms with Gasteiger partial charge in [-0.3, -0.25) is 9.48 Å². The van der Waals surface area contributed by atoms with Gasteiger partial charge >= 0.3 is 5.97 Å². The lowest BCUT2D eigenvalue weighted by molar-refractivity contribution is -0.137. The molecular formula is C14H17N3O2. The molecule has 1 aromatic carbocycles. The molecule has 0 atom stereocenters. The fourth-order valence-corrected chi connectivity index (χ4v) is 1.92. The predicted molar refractivity (Wildman–Crippen MR) is 70.8 cm³/mol. The summed E-state index contributed by atoms with van der Waals surface area (Å²) in [5.41, 5.74) is 1.26. The number of nitrogens with zero attached hydrogens (tertiary/aromatic N) is 3. The van der Waals surface area contributed by atoms with E-state index in [4.69, 9.17) is 5.11 Å². The maximum absolute atomic E-state index is 10.5. The Hall–Kier alpha value is -2.17. The molecule has 100 valence electrons. The van der Waals surface area contributed by atoms with Gasteiger partial charge in [0.2, 0.25) is 0 Å². The minimum absolute atomic E-state index is 0.0716. The number of aryl methyl sites for hydroxylation is 4. The van der Waals surface area contributed by atoms with Crippen LogP contribution in [-0.2, 0) is 31.1 Å². The molecular weight excluding hydrogens is 242 g/mol. The van der Waals surface area contributed by atoms with E-state index in [2.05, 4.69) is 22.2 Å². The lowest BCUT2D eigenvalue weighted by Crippen LogP contribution is -2.01. The summed E-state index contributed by atoms with van der Waals surface area (Å²) in [5.74, 6) is 0.676. The second-order valence-electron chi connectivity index (χ2n) is 4.45. The largest absolute Gasteiger partial charge is 0.481 e. The van der Waals surface area contributed by atoms with E-state index in [0.29, 0.717) is 12.2 Å². The van der Waals surface area contributed by atoms with Gasteiger partial charge in [-0.25, -0.2) is 4.98 Å². The zero-order valence-electron chi connectivity index (χ0n) is 10.9. The van der Waals surface area contributed by atoms with Crippen LogP contribution in [0.1, 0.15) is 23.6 Å². The van der Waals surface area contributed by atoms with E-state index in [-0.39, 0.29) is 6.42 Å². The minimum Gasteiger partial charge on any atom is -0.481 e. The van der Waals surface area contributed by atoms with Crippen LogP contribution in [0.15, 0.2) is 30.3 Å². The molecule has 0 aliphatic carbocycles. The van der Waals surface area contributed by atoms with Crippen LogP contribution in [0.25, 0.3) is 0 Å². The molecule has 0 aliphatic heterocycles. The highest BCUT2D eigenvalue weighted by Gasteiger charge is 2.08. The summed E-state index contributed by atoms with van der Waals surface area (Å²) >= 11 is 0. The topological polar surface area (TPSA) is 68.0 Å². The van der Waals surface area contributed by atoms with Gasteiger partial charge in [0.05, 0.1) is 6.42 Å². The number of carboxylic acid groups (broad SMARTS) is 1. The van der Waals surface area contributed by atoms with Gasteiger partial charge in [-0.15, -0.1) is 0 Å². The molecule has 2 rings (SSSR count). The molecule has 0 saturated heterocycles. The van der Waals surface area contributed by atoms with Crippen LogP contribution >= 0.6 is 0 Å². The van der Waals surface area contributed by atoms with Crippen molar-refractivity contribution in [2.75, 3.05) is 0 Å². The first-order chi connectivity index (χ1) is 9.15. The van der Waals surface area contributed by atoms with E-state index < -0.39 is 5.97 Å². The number of hydrogen-bond acceptors (Lipinski definition) is 3. The molecule has 1 heterocycles. The summed E-state index contributed by atoms with van der Waals surface area (Å²) in [4.78, 5) is 14.9. The van der Waals surface area contributed by atoms with E-state index in [0.717, 1.165) is 18.7 Å². The van der Waals surface area contributed by atoms with Crippen molar-refractivity contribution in [3.63, 3.8) is 0 Å². The third-order valence-electron chi connectivity index (χ3n) is 2.94. The van der Waals surface area contributed by atoms with Gasteiger partial charge in [0.1, 0.15) is 5.82 Å². The van der Waals surface area contributed by atoms with Gasteiger partial charge in [0, 0.05) is 19.9 Å². The normalized spacial score (nSPS) is 10.6. The zero-order chi connectivity index (χ0) is 13.7. The quantitative estimate of drug-likeness (QED) is 0.856. The monoisotopic (exact) mass is 259 g/mol. The molecule has 0 unspecified atom stereocenters. The summed E-state index contributed by atoms with van der Waals surface area (Å²) < 4.78 is 1.74. The summed E-state index contributed by atoms with van der Waals surface area (Å²) in [7, 11) is 1.84. The van der Waals surface area contributed by atoms with Crippen molar-refractivity contribution in [2.24, 2.45) is 7.05 Å². The number of aromatic nitrogens is 3. The maximum atomic E-state index is 10.5. The van der Waals surface area contributed by atoms with E-state index in [1.165, 1.54) is 5.56 Å². The standard InChI is InChI=1S/C14H17N3O2/c1-17-13(9-7-11-5-3-2-4-6-11)15-12(16-17)8-10-14(18)19/h2-6H,7-10H2,1H3,(H,18,19). The number of hydrogen-bond donors (Lipinski definition) is 1. The molecule has 0 fully saturated rings. The average Bonchev–Trinajstić information content (AvgIpc) is 2.76. The van der Waals surface area contributed by atoms with Gasteiger partial charge in [0.25, 0.3) is 0 Å². The smallest absolute Gasteiger partial charge is 0.303 e. The number of carbonyl (C=O) groups is 1. The van der Waals surface area contributed by atoms with E-state index >= 15 is 0 Å². The average molecular weight is 259 g/mol. The maximum Gasteiger partial charge on any atom is 0.303 e. The highest BCUT2D eigenvalue weighted by atomic mass is 16.4. The van der Waals surface area contributed by atoms with Crippen molar-refractivity contribution in [3.05, 3.63) is 47.5 Å². The van der Waals surface area contributed by atoms with Gasteiger partial charge in [0.15, 0.2) is 5.82 Å². The Bertz CT molecular complexity index is 549.